The fraction of sp³-hybridized carbons (Fsp3) is 0.500. The van der Waals surface area contributed by atoms with Gasteiger partial charge in [0.05, 0.1) is 12.6 Å². The third-order valence-corrected chi connectivity index (χ3v) is 3.16. The van der Waals surface area contributed by atoms with E-state index in [1.165, 1.54) is 0 Å². The molecule has 0 aliphatic heterocycles. The lowest BCUT2D eigenvalue weighted by atomic mass is 10.0. The number of fused-ring (bicyclic) bond motifs is 1. The molecule has 1 N–H and O–H groups in total. The molecule has 0 saturated heterocycles. The smallest absolute Gasteiger partial charge is 0.215 e. The molecule has 5 heteroatoms. The first kappa shape index (κ1) is 11.9. The highest BCUT2D eigenvalue weighted by molar-refractivity contribution is 5.71. The Kier molecular flexibility index (Phi) is 3.02. The topological polar surface area (TPSA) is 60.0 Å². The zero-order valence-corrected chi connectivity index (χ0v) is 10.6. The Balaban J connectivity index is 2.50. The number of hydrogen-bond acceptors (Lipinski definition) is 4. The van der Waals surface area contributed by atoms with E-state index in [1.54, 1.807) is 20.3 Å². The Hall–Kier alpha value is -1.62. The Morgan fingerprint density at radius 1 is 1.29 bits per heavy atom. The first-order valence-corrected chi connectivity index (χ1v) is 5.59. The van der Waals surface area contributed by atoms with Crippen molar-refractivity contribution in [3.8, 4) is 5.88 Å². The van der Waals surface area contributed by atoms with Crippen LogP contribution in [0.4, 0.5) is 0 Å². The van der Waals surface area contributed by atoms with Gasteiger partial charge in [-0.05, 0) is 19.4 Å². The monoisotopic (exact) mass is 235 g/mol. The number of hydrogen-bond donors (Lipinski definition) is 1. The van der Waals surface area contributed by atoms with Crippen molar-refractivity contribution in [1.29, 1.82) is 0 Å². The SMILES string of the molecule is CCC(C)(OC)c1nc2nc(OC)ccc2[nH]1. The van der Waals surface area contributed by atoms with Crippen LogP contribution in [0.3, 0.4) is 0 Å². The molecule has 0 fully saturated rings. The maximum atomic E-state index is 5.51. The minimum Gasteiger partial charge on any atom is -0.481 e. The first-order valence-electron chi connectivity index (χ1n) is 5.59. The number of ether oxygens (including phenoxy) is 2. The largest absolute Gasteiger partial charge is 0.481 e. The van der Waals surface area contributed by atoms with E-state index >= 15 is 0 Å². The Bertz CT molecular complexity index is 517. The van der Waals surface area contributed by atoms with Crippen LogP contribution in [0.25, 0.3) is 11.2 Å². The molecule has 0 saturated carbocycles. The molecule has 2 aromatic heterocycles. The lowest BCUT2D eigenvalue weighted by Gasteiger charge is -2.23. The number of H-pyrrole nitrogens is 1. The molecule has 1 atom stereocenters. The van der Waals surface area contributed by atoms with Crippen molar-refractivity contribution in [2.45, 2.75) is 25.9 Å². The van der Waals surface area contributed by atoms with Gasteiger partial charge < -0.3 is 14.5 Å². The summed E-state index contributed by atoms with van der Waals surface area (Å²) in [5.74, 6) is 1.35. The number of methoxy groups -OCH3 is 2. The van der Waals surface area contributed by atoms with Gasteiger partial charge in [0.2, 0.25) is 5.88 Å². The number of aromatic nitrogens is 3. The number of nitrogens with one attached hydrogen (secondary N) is 1. The Morgan fingerprint density at radius 3 is 2.65 bits per heavy atom. The van der Waals surface area contributed by atoms with Crippen molar-refractivity contribution in [3.05, 3.63) is 18.0 Å². The quantitative estimate of drug-likeness (QED) is 0.882. The standard InChI is InChI=1S/C12H17N3O2/c1-5-12(2,17-4)11-13-8-6-7-9(16-3)14-10(8)15-11/h6-7H,5H2,1-4H3,(H,13,14,15). The summed E-state index contributed by atoms with van der Waals surface area (Å²) in [6.07, 6.45) is 0.834. The number of imidazole rings is 1. The van der Waals surface area contributed by atoms with E-state index in [4.69, 9.17) is 9.47 Å². The molecule has 0 radical (unpaired) electrons. The van der Waals surface area contributed by atoms with Crippen LogP contribution in [0.5, 0.6) is 5.88 Å². The zero-order chi connectivity index (χ0) is 12.5. The minimum absolute atomic E-state index is 0.409. The van der Waals surface area contributed by atoms with E-state index in [1.807, 2.05) is 13.0 Å². The molecular weight excluding hydrogens is 218 g/mol. The van der Waals surface area contributed by atoms with Gasteiger partial charge in [0.25, 0.3) is 0 Å². The molecule has 0 aliphatic rings. The summed E-state index contributed by atoms with van der Waals surface area (Å²) in [7, 11) is 3.28. The van der Waals surface area contributed by atoms with E-state index in [0.29, 0.717) is 11.5 Å². The van der Waals surface area contributed by atoms with Crippen LogP contribution in [0.15, 0.2) is 12.1 Å². The molecule has 5 nitrogen and oxygen atoms in total. The lowest BCUT2D eigenvalue weighted by Crippen LogP contribution is -2.24. The van der Waals surface area contributed by atoms with E-state index in [2.05, 4.69) is 21.9 Å². The van der Waals surface area contributed by atoms with Gasteiger partial charge in [-0.2, -0.15) is 4.98 Å². The van der Waals surface area contributed by atoms with Crippen molar-refractivity contribution in [3.63, 3.8) is 0 Å². The molecule has 2 rings (SSSR count). The molecule has 92 valence electrons. The van der Waals surface area contributed by atoms with Crippen LogP contribution in [0.2, 0.25) is 0 Å². The molecule has 0 aliphatic carbocycles. The second kappa shape index (κ2) is 4.33. The van der Waals surface area contributed by atoms with Crippen molar-refractivity contribution in [1.82, 2.24) is 15.0 Å². The van der Waals surface area contributed by atoms with Crippen molar-refractivity contribution in [2.24, 2.45) is 0 Å². The molecule has 1 unspecified atom stereocenters. The van der Waals surface area contributed by atoms with Gasteiger partial charge >= 0.3 is 0 Å². The third kappa shape index (κ3) is 1.98. The van der Waals surface area contributed by atoms with E-state index < -0.39 is 5.60 Å². The third-order valence-electron chi connectivity index (χ3n) is 3.16. The van der Waals surface area contributed by atoms with Gasteiger partial charge in [-0.15, -0.1) is 0 Å². The van der Waals surface area contributed by atoms with Gasteiger partial charge in [0.15, 0.2) is 5.65 Å². The highest BCUT2D eigenvalue weighted by atomic mass is 16.5. The highest BCUT2D eigenvalue weighted by Crippen LogP contribution is 2.27. The van der Waals surface area contributed by atoms with Gasteiger partial charge in [-0.1, -0.05) is 6.92 Å². The van der Waals surface area contributed by atoms with E-state index in [9.17, 15) is 0 Å². The minimum atomic E-state index is -0.409. The zero-order valence-electron chi connectivity index (χ0n) is 10.6. The predicted octanol–water partition coefficient (Wildman–Crippen LogP) is 2.24. The number of aromatic amines is 1. The van der Waals surface area contributed by atoms with E-state index in [-0.39, 0.29) is 0 Å². The van der Waals surface area contributed by atoms with Crippen LogP contribution in [0, 0.1) is 0 Å². The normalized spacial score (nSPS) is 14.8. The van der Waals surface area contributed by atoms with Crippen molar-refractivity contribution >= 4 is 11.2 Å². The summed E-state index contributed by atoms with van der Waals surface area (Å²) in [6, 6.07) is 3.71. The van der Waals surface area contributed by atoms with Crippen LogP contribution >= 0.6 is 0 Å². The molecule has 0 spiro atoms. The van der Waals surface area contributed by atoms with Crippen LogP contribution < -0.4 is 4.74 Å². The average molecular weight is 235 g/mol. The van der Waals surface area contributed by atoms with Gasteiger partial charge in [-0.25, -0.2) is 4.98 Å². The molecule has 0 amide bonds. The first-order chi connectivity index (χ1) is 8.12. The fourth-order valence-corrected chi connectivity index (χ4v) is 1.65. The number of nitrogens with zero attached hydrogens (tertiary/aromatic N) is 2. The summed E-state index contributed by atoms with van der Waals surface area (Å²) in [5, 5.41) is 0. The lowest BCUT2D eigenvalue weighted by molar-refractivity contribution is -0.00805. The van der Waals surface area contributed by atoms with Gasteiger partial charge in [0.1, 0.15) is 11.4 Å². The summed E-state index contributed by atoms with van der Waals surface area (Å²) in [6.45, 7) is 4.06. The molecule has 0 aromatic carbocycles. The van der Waals surface area contributed by atoms with Crippen molar-refractivity contribution in [2.75, 3.05) is 14.2 Å². The highest BCUT2D eigenvalue weighted by Gasteiger charge is 2.27. The second-order valence-corrected chi connectivity index (χ2v) is 4.10. The maximum absolute atomic E-state index is 5.51. The fourth-order valence-electron chi connectivity index (χ4n) is 1.65. The van der Waals surface area contributed by atoms with Crippen LogP contribution in [0.1, 0.15) is 26.1 Å². The summed E-state index contributed by atoms with van der Waals surface area (Å²) >= 11 is 0. The van der Waals surface area contributed by atoms with E-state index in [0.717, 1.165) is 17.8 Å². The second-order valence-electron chi connectivity index (χ2n) is 4.10. The molecule has 2 aromatic rings. The Labute approximate surface area is 100 Å². The van der Waals surface area contributed by atoms with Gasteiger partial charge in [-0.3, -0.25) is 0 Å². The molecular formula is C12H17N3O2. The maximum Gasteiger partial charge on any atom is 0.215 e. The predicted molar refractivity (Wildman–Crippen MR) is 65.1 cm³/mol. The summed E-state index contributed by atoms with van der Waals surface area (Å²) < 4.78 is 10.6. The van der Waals surface area contributed by atoms with Crippen LogP contribution in [-0.2, 0) is 10.3 Å². The van der Waals surface area contributed by atoms with Crippen LogP contribution in [-0.4, -0.2) is 29.2 Å². The molecule has 17 heavy (non-hydrogen) atoms. The number of rotatable bonds is 4. The van der Waals surface area contributed by atoms with Crippen molar-refractivity contribution < 1.29 is 9.47 Å². The summed E-state index contributed by atoms with van der Waals surface area (Å²) in [5.41, 5.74) is 1.13. The van der Waals surface area contributed by atoms with Gasteiger partial charge in [0, 0.05) is 13.2 Å². The molecule has 0 bridgehead atoms. The Morgan fingerprint density at radius 2 is 2.06 bits per heavy atom. The molecule has 2 heterocycles. The number of pyridine rings is 1. The summed E-state index contributed by atoms with van der Waals surface area (Å²) in [4.78, 5) is 12.0. The average Bonchev–Trinajstić information content (AvgIpc) is 2.80.